The van der Waals surface area contributed by atoms with E-state index < -0.39 is 5.97 Å². The second-order valence-corrected chi connectivity index (χ2v) is 9.53. The first-order valence-electron chi connectivity index (χ1n) is 12.3. The minimum Gasteiger partial charge on any atom is -0.497 e. The molecule has 0 aliphatic rings. The van der Waals surface area contributed by atoms with Crippen LogP contribution in [-0.2, 0) is 20.7 Å². The number of hydrogen-bond donors (Lipinski definition) is 0. The van der Waals surface area contributed by atoms with E-state index in [1.807, 2.05) is 24.3 Å². The Balaban J connectivity index is 1.60. The van der Waals surface area contributed by atoms with E-state index in [1.165, 1.54) is 31.6 Å². The van der Waals surface area contributed by atoms with Gasteiger partial charge in [0.1, 0.15) is 11.5 Å². The SMILES string of the molecule is COC(=O)CCc1sc(C(=O)c2cccc(C(=O)OC)c2)cc1OCCCCC=Cc1ccc(OC)cc1. The minimum absolute atomic E-state index is 0.189. The molecule has 0 atom stereocenters. The number of aryl methyl sites for hydroxylation is 1. The molecule has 0 aliphatic heterocycles. The Morgan fingerprint density at radius 1 is 0.895 bits per heavy atom. The van der Waals surface area contributed by atoms with Gasteiger partial charge in [0.2, 0.25) is 5.78 Å². The number of benzene rings is 2. The Morgan fingerprint density at radius 2 is 1.66 bits per heavy atom. The fourth-order valence-corrected chi connectivity index (χ4v) is 4.73. The molecule has 2 aromatic carbocycles. The molecule has 3 rings (SSSR count). The van der Waals surface area contributed by atoms with Gasteiger partial charge in [-0.15, -0.1) is 11.3 Å². The summed E-state index contributed by atoms with van der Waals surface area (Å²) in [5.74, 6) is 0.371. The molecule has 0 bridgehead atoms. The Bertz CT molecular complexity index is 1260. The number of ether oxygens (including phenoxy) is 4. The normalized spacial score (nSPS) is 10.8. The van der Waals surface area contributed by atoms with E-state index in [-0.39, 0.29) is 18.2 Å². The second-order valence-electron chi connectivity index (χ2n) is 8.40. The zero-order valence-corrected chi connectivity index (χ0v) is 22.7. The first-order valence-corrected chi connectivity index (χ1v) is 13.1. The van der Waals surface area contributed by atoms with E-state index >= 15 is 0 Å². The molecule has 0 radical (unpaired) electrons. The van der Waals surface area contributed by atoms with Crippen molar-refractivity contribution in [3.05, 3.63) is 87.1 Å². The van der Waals surface area contributed by atoms with Gasteiger partial charge in [-0.3, -0.25) is 9.59 Å². The van der Waals surface area contributed by atoms with Crippen molar-refractivity contribution < 1.29 is 33.3 Å². The van der Waals surface area contributed by atoms with E-state index in [0.29, 0.717) is 34.8 Å². The van der Waals surface area contributed by atoms with Crippen molar-refractivity contribution >= 4 is 35.1 Å². The van der Waals surface area contributed by atoms with Crippen LogP contribution in [0.25, 0.3) is 6.08 Å². The maximum atomic E-state index is 13.2. The van der Waals surface area contributed by atoms with Crippen LogP contribution in [0.1, 0.15) is 61.7 Å². The van der Waals surface area contributed by atoms with Crippen molar-refractivity contribution in [2.75, 3.05) is 27.9 Å². The Hall–Kier alpha value is -3.91. The van der Waals surface area contributed by atoms with Gasteiger partial charge in [-0.2, -0.15) is 0 Å². The molecule has 0 spiro atoms. The topological polar surface area (TPSA) is 88.1 Å². The van der Waals surface area contributed by atoms with Gasteiger partial charge in [0.15, 0.2) is 0 Å². The van der Waals surface area contributed by atoms with Crippen molar-refractivity contribution in [1.82, 2.24) is 0 Å². The van der Waals surface area contributed by atoms with Crippen LogP contribution in [0.2, 0.25) is 0 Å². The smallest absolute Gasteiger partial charge is 0.337 e. The third-order valence-electron chi connectivity index (χ3n) is 5.77. The summed E-state index contributed by atoms with van der Waals surface area (Å²) < 4.78 is 20.7. The van der Waals surface area contributed by atoms with Crippen LogP contribution >= 0.6 is 11.3 Å². The molecule has 0 N–H and O–H groups in total. The molecule has 38 heavy (non-hydrogen) atoms. The molecule has 0 aliphatic carbocycles. The molecule has 7 nitrogen and oxygen atoms in total. The molecule has 200 valence electrons. The van der Waals surface area contributed by atoms with E-state index in [1.54, 1.807) is 31.4 Å². The molecular weight excluding hydrogens is 504 g/mol. The highest BCUT2D eigenvalue weighted by atomic mass is 32.1. The third-order valence-corrected chi connectivity index (χ3v) is 6.95. The van der Waals surface area contributed by atoms with Crippen molar-refractivity contribution in [2.24, 2.45) is 0 Å². The second kappa shape index (κ2) is 14.7. The number of carbonyl (C=O) groups is 3. The predicted octanol–water partition coefficient (Wildman–Crippen LogP) is 6.14. The number of unbranched alkanes of at least 4 members (excludes halogenated alkanes) is 2. The number of thiophene rings is 1. The highest BCUT2D eigenvalue weighted by Gasteiger charge is 2.19. The number of hydrogen-bond acceptors (Lipinski definition) is 8. The molecule has 0 amide bonds. The summed E-state index contributed by atoms with van der Waals surface area (Å²) in [4.78, 5) is 38.0. The lowest BCUT2D eigenvalue weighted by atomic mass is 10.1. The summed E-state index contributed by atoms with van der Waals surface area (Å²) in [6.45, 7) is 0.490. The van der Waals surface area contributed by atoms with Crippen molar-refractivity contribution in [1.29, 1.82) is 0 Å². The predicted molar refractivity (Wildman–Crippen MR) is 147 cm³/mol. The lowest BCUT2D eigenvalue weighted by Gasteiger charge is -2.06. The maximum absolute atomic E-state index is 13.2. The molecule has 0 saturated carbocycles. The zero-order valence-electron chi connectivity index (χ0n) is 21.9. The van der Waals surface area contributed by atoms with Crippen LogP contribution in [0.15, 0.2) is 60.7 Å². The average Bonchev–Trinajstić information content (AvgIpc) is 3.37. The first-order chi connectivity index (χ1) is 18.4. The van der Waals surface area contributed by atoms with Gasteiger partial charge in [0.25, 0.3) is 0 Å². The van der Waals surface area contributed by atoms with Crippen molar-refractivity contribution in [3.8, 4) is 11.5 Å². The maximum Gasteiger partial charge on any atom is 0.337 e. The van der Waals surface area contributed by atoms with Crippen molar-refractivity contribution in [3.63, 3.8) is 0 Å². The van der Waals surface area contributed by atoms with Gasteiger partial charge in [-0.05, 0) is 55.5 Å². The fourth-order valence-electron chi connectivity index (χ4n) is 3.67. The minimum atomic E-state index is -0.507. The van der Waals surface area contributed by atoms with Gasteiger partial charge in [-0.1, -0.05) is 36.4 Å². The van der Waals surface area contributed by atoms with Crippen LogP contribution < -0.4 is 9.47 Å². The quantitative estimate of drug-likeness (QED) is 0.139. The van der Waals surface area contributed by atoms with Crippen LogP contribution in [0.3, 0.4) is 0 Å². The Labute approximate surface area is 227 Å². The van der Waals surface area contributed by atoms with Crippen LogP contribution in [0.4, 0.5) is 0 Å². The highest BCUT2D eigenvalue weighted by molar-refractivity contribution is 7.14. The number of carbonyl (C=O) groups excluding carboxylic acids is 3. The van der Waals surface area contributed by atoms with Crippen molar-refractivity contribution in [2.45, 2.75) is 32.1 Å². The molecule has 1 aromatic heterocycles. The third kappa shape index (κ3) is 8.31. The van der Waals surface area contributed by atoms with E-state index in [0.717, 1.165) is 35.5 Å². The fraction of sp³-hybridized carbons (Fsp3) is 0.300. The lowest BCUT2D eigenvalue weighted by molar-refractivity contribution is -0.140. The summed E-state index contributed by atoms with van der Waals surface area (Å²) in [7, 11) is 4.29. The van der Waals surface area contributed by atoms with Gasteiger partial charge >= 0.3 is 11.9 Å². The van der Waals surface area contributed by atoms with E-state index in [2.05, 4.69) is 12.2 Å². The Kier molecular flexibility index (Phi) is 11.1. The first kappa shape index (κ1) is 28.7. The van der Waals surface area contributed by atoms with E-state index in [9.17, 15) is 14.4 Å². The monoisotopic (exact) mass is 536 g/mol. The van der Waals surface area contributed by atoms with Crippen LogP contribution in [0, 0.1) is 0 Å². The van der Waals surface area contributed by atoms with Crippen LogP contribution in [0.5, 0.6) is 11.5 Å². The lowest BCUT2D eigenvalue weighted by Crippen LogP contribution is -2.04. The largest absolute Gasteiger partial charge is 0.497 e. The number of ketones is 1. The molecule has 0 fully saturated rings. The summed E-state index contributed by atoms with van der Waals surface area (Å²) in [5, 5.41) is 0. The molecular formula is C30H32O7S. The highest BCUT2D eigenvalue weighted by Crippen LogP contribution is 2.33. The number of methoxy groups -OCH3 is 3. The van der Waals surface area contributed by atoms with Gasteiger partial charge in [0, 0.05) is 16.5 Å². The molecule has 3 aromatic rings. The summed E-state index contributed by atoms with van der Waals surface area (Å²) in [5.41, 5.74) is 1.80. The summed E-state index contributed by atoms with van der Waals surface area (Å²) in [6.07, 6.45) is 7.50. The molecule has 8 heteroatoms. The Morgan fingerprint density at radius 3 is 2.37 bits per heavy atom. The molecule has 0 unspecified atom stereocenters. The van der Waals surface area contributed by atoms with Gasteiger partial charge < -0.3 is 18.9 Å². The standard InChI is InChI=1S/C30H32O7S/c1-34-24-14-12-21(13-15-24)9-6-4-5-7-18-37-25-20-27(38-26(25)16-17-28(31)35-2)29(32)22-10-8-11-23(19-22)30(33)36-3/h6,8-15,19-20H,4-5,7,16-18H2,1-3H3. The zero-order chi connectivity index (χ0) is 27.3. The summed E-state index contributed by atoms with van der Waals surface area (Å²) >= 11 is 1.29. The summed E-state index contributed by atoms with van der Waals surface area (Å²) in [6, 6.07) is 16.0. The van der Waals surface area contributed by atoms with Crippen LogP contribution in [-0.4, -0.2) is 45.7 Å². The average molecular weight is 537 g/mol. The van der Waals surface area contributed by atoms with E-state index in [4.69, 9.17) is 18.9 Å². The van der Waals surface area contributed by atoms with Gasteiger partial charge in [-0.25, -0.2) is 4.79 Å². The van der Waals surface area contributed by atoms with Gasteiger partial charge in [0.05, 0.1) is 44.8 Å². The molecule has 0 saturated heterocycles. The number of rotatable bonds is 14. The number of esters is 2. The molecule has 1 heterocycles. The number of allylic oxidation sites excluding steroid dienone is 1.